The second kappa shape index (κ2) is 7.21. The summed E-state index contributed by atoms with van der Waals surface area (Å²) in [5, 5.41) is 9.64. The highest BCUT2D eigenvalue weighted by molar-refractivity contribution is 5.72. The normalized spacial score (nSPS) is 12.6. The molecule has 0 aliphatic rings. The molecule has 1 rings (SSSR count). The first-order chi connectivity index (χ1) is 8.24. The largest absolute Gasteiger partial charge is 0.385 e. The van der Waals surface area contributed by atoms with Gasteiger partial charge in [0.1, 0.15) is 0 Å². The quantitative estimate of drug-likeness (QED) is 0.424. The SMILES string of the molecule is COCCCCn1c(C=O)ccc1[C@@H](O)OC. The number of nitrogens with zero attached hydrogens (tertiary/aromatic N) is 1. The van der Waals surface area contributed by atoms with Crippen molar-refractivity contribution in [2.24, 2.45) is 0 Å². The summed E-state index contributed by atoms with van der Waals surface area (Å²) in [7, 11) is 3.08. The third-order valence-corrected chi connectivity index (χ3v) is 2.63. The highest BCUT2D eigenvalue weighted by Crippen LogP contribution is 2.18. The summed E-state index contributed by atoms with van der Waals surface area (Å²) in [4.78, 5) is 10.9. The van der Waals surface area contributed by atoms with E-state index in [1.54, 1.807) is 23.8 Å². The molecular formula is C12H19NO4. The summed E-state index contributed by atoms with van der Waals surface area (Å²) >= 11 is 0. The van der Waals surface area contributed by atoms with Crippen LogP contribution >= 0.6 is 0 Å². The smallest absolute Gasteiger partial charge is 0.196 e. The maximum atomic E-state index is 10.9. The van der Waals surface area contributed by atoms with Crippen molar-refractivity contribution in [3.8, 4) is 0 Å². The summed E-state index contributed by atoms with van der Waals surface area (Å²) < 4.78 is 11.6. The molecule has 1 aromatic rings. The molecule has 0 unspecified atom stereocenters. The van der Waals surface area contributed by atoms with Gasteiger partial charge in [0.05, 0.1) is 11.4 Å². The van der Waals surface area contributed by atoms with E-state index in [1.165, 1.54) is 7.11 Å². The molecular weight excluding hydrogens is 222 g/mol. The Bertz CT molecular complexity index is 348. The van der Waals surface area contributed by atoms with Gasteiger partial charge in [0.15, 0.2) is 12.6 Å². The van der Waals surface area contributed by atoms with E-state index in [1.807, 2.05) is 0 Å². The van der Waals surface area contributed by atoms with Crippen molar-refractivity contribution in [2.45, 2.75) is 25.7 Å². The van der Waals surface area contributed by atoms with Crippen LogP contribution in [0.2, 0.25) is 0 Å². The Balaban J connectivity index is 2.71. The summed E-state index contributed by atoms with van der Waals surface area (Å²) in [6, 6.07) is 3.38. The summed E-state index contributed by atoms with van der Waals surface area (Å²) in [6.07, 6.45) is 1.58. The van der Waals surface area contributed by atoms with Crippen molar-refractivity contribution >= 4 is 6.29 Å². The first kappa shape index (κ1) is 13.9. The molecule has 96 valence electrons. The first-order valence-corrected chi connectivity index (χ1v) is 5.59. The number of methoxy groups -OCH3 is 2. The monoisotopic (exact) mass is 241 g/mol. The standard InChI is InChI=1S/C12H19NO4/c1-16-8-4-3-7-13-10(9-14)5-6-11(13)12(15)17-2/h5-6,9,12,15H,3-4,7-8H2,1-2H3/t12-/m0/s1. The van der Waals surface area contributed by atoms with E-state index >= 15 is 0 Å². The van der Waals surface area contributed by atoms with Crippen molar-refractivity contribution in [3.63, 3.8) is 0 Å². The van der Waals surface area contributed by atoms with Crippen molar-refractivity contribution in [3.05, 3.63) is 23.5 Å². The molecule has 0 amide bonds. The van der Waals surface area contributed by atoms with Crippen LogP contribution < -0.4 is 0 Å². The van der Waals surface area contributed by atoms with E-state index in [-0.39, 0.29) is 0 Å². The average Bonchev–Trinajstić information content (AvgIpc) is 2.76. The van der Waals surface area contributed by atoms with Gasteiger partial charge in [0, 0.05) is 27.4 Å². The van der Waals surface area contributed by atoms with E-state index in [4.69, 9.17) is 9.47 Å². The number of rotatable bonds is 8. The van der Waals surface area contributed by atoms with Gasteiger partial charge in [0.2, 0.25) is 0 Å². The minimum absolute atomic E-state index is 0.550. The molecule has 1 N–H and O–H groups in total. The highest BCUT2D eigenvalue weighted by atomic mass is 16.6. The van der Waals surface area contributed by atoms with Crippen LogP contribution in [0.5, 0.6) is 0 Å². The van der Waals surface area contributed by atoms with Crippen LogP contribution in [0.15, 0.2) is 12.1 Å². The lowest BCUT2D eigenvalue weighted by Gasteiger charge is -2.14. The third kappa shape index (κ3) is 3.66. The maximum Gasteiger partial charge on any atom is 0.196 e. The van der Waals surface area contributed by atoms with Crippen LogP contribution in [0.4, 0.5) is 0 Å². The number of aldehydes is 1. The van der Waals surface area contributed by atoms with E-state index in [9.17, 15) is 9.90 Å². The number of carbonyl (C=O) groups is 1. The van der Waals surface area contributed by atoms with Gasteiger partial charge in [-0.25, -0.2) is 0 Å². The second-order valence-corrected chi connectivity index (χ2v) is 3.74. The summed E-state index contributed by atoms with van der Waals surface area (Å²) in [5.41, 5.74) is 1.15. The molecule has 0 spiro atoms. The number of aliphatic hydroxyl groups is 1. The van der Waals surface area contributed by atoms with E-state index in [0.29, 0.717) is 24.5 Å². The van der Waals surface area contributed by atoms with E-state index < -0.39 is 6.29 Å². The predicted molar refractivity (Wildman–Crippen MR) is 62.9 cm³/mol. The van der Waals surface area contributed by atoms with Crippen LogP contribution in [0.3, 0.4) is 0 Å². The molecule has 0 aliphatic heterocycles. The molecule has 0 fully saturated rings. The number of hydrogen-bond donors (Lipinski definition) is 1. The van der Waals surface area contributed by atoms with E-state index in [2.05, 4.69) is 0 Å². The second-order valence-electron chi connectivity index (χ2n) is 3.74. The summed E-state index contributed by atoms with van der Waals surface area (Å²) in [5.74, 6) is 0. The van der Waals surface area contributed by atoms with Gasteiger partial charge in [-0.05, 0) is 25.0 Å². The molecule has 0 aromatic carbocycles. The zero-order valence-electron chi connectivity index (χ0n) is 10.3. The number of unbranched alkanes of at least 4 members (excludes halogenated alkanes) is 1. The van der Waals surface area contributed by atoms with Crippen molar-refractivity contribution in [2.75, 3.05) is 20.8 Å². The van der Waals surface area contributed by atoms with Gasteiger partial charge in [-0.2, -0.15) is 0 Å². The van der Waals surface area contributed by atoms with Gasteiger partial charge in [-0.1, -0.05) is 0 Å². The van der Waals surface area contributed by atoms with Gasteiger partial charge in [-0.3, -0.25) is 4.79 Å². The summed E-state index contributed by atoms with van der Waals surface area (Å²) in [6.45, 7) is 1.36. The van der Waals surface area contributed by atoms with Crippen LogP contribution in [0, 0.1) is 0 Å². The number of aliphatic hydroxyl groups excluding tert-OH is 1. The lowest BCUT2D eigenvalue weighted by molar-refractivity contribution is -0.0820. The van der Waals surface area contributed by atoms with Crippen molar-refractivity contribution in [1.82, 2.24) is 4.57 Å². The highest BCUT2D eigenvalue weighted by Gasteiger charge is 2.14. The Morgan fingerprint density at radius 1 is 1.41 bits per heavy atom. The molecule has 5 nitrogen and oxygen atoms in total. The molecule has 17 heavy (non-hydrogen) atoms. The van der Waals surface area contributed by atoms with Crippen LogP contribution in [-0.4, -0.2) is 36.8 Å². The van der Waals surface area contributed by atoms with Crippen molar-refractivity contribution in [1.29, 1.82) is 0 Å². The van der Waals surface area contributed by atoms with Gasteiger partial charge in [0.25, 0.3) is 0 Å². The van der Waals surface area contributed by atoms with Crippen LogP contribution in [0.25, 0.3) is 0 Å². The number of aromatic nitrogens is 1. The Morgan fingerprint density at radius 2 is 2.18 bits per heavy atom. The molecule has 0 saturated carbocycles. The Kier molecular flexibility index (Phi) is 5.90. The zero-order valence-corrected chi connectivity index (χ0v) is 10.3. The lowest BCUT2D eigenvalue weighted by atomic mass is 10.3. The fourth-order valence-electron chi connectivity index (χ4n) is 1.71. The molecule has 0 saturated heterocycles. The van der Waals surface area contributed by atoms with Crippen molar-refractivity contribution < 1.29 is 19.4 Å². The Hall–Kier alpha value is -1.17. The molecule has 1 heterocycles. The fourth-order valence-corrected chi connectivity index (χ4v) is 1.71. The van der Waals surface area contributed by atoms with Gasteiger partial charge < -0.3 is 19.1 Å². The van der Waals surface area contributed by atoms with E-state index in [0.717, 1.165) is 19.1 Å². The zero-order chi connectivity index (χ0) is 12.7. The first-order valence-electron chi connectivity index (χ1n) is 5.59. The maximum absolute atomic E-state index is 10.9. The number of hydrogen-bond acceptors (Lipinski definition) is 4. The van der Waals surface area contributed by atoms with Crippen LogP contribution in [0.1, 0.15) is 35.3 Å². The van der Waals surface area contributed by atoms with Gasteiger partial charge in [-0.15, -0.1) is 0 Å². The number of ether oxygens (including phenoxy) is 2. The Labute approximate surface area is 101 Å². The minimum atomic E-state index is -0.994. The molecule has 1 atom stereocenters. The average molecular weight is 241 g/mol. The molecule has 0 bridgehead atoms. The molecule has 0 aliphatic carbocycles. The molecule has 1 aromatic heterocycles. The van der Waals surface area contributed by atoms with Gasteiger partial charge >= 0.3 is 0 Å². The molecule has 5 heteroatoms. The Morgan fingerprint density at radius 3 is 2.76 bits per heavy atom. The lowest BCUT2D eigenvalue weighted by Crippen LogP contribution is -2.12. The predicted octanol–water partition coefficient (Wildman–Crippen LogP) is 1.36. The third-order valence-electron chi connectivity index (χ3n) is 2.63. The van der Waals surface area contributed by atoms with Crippen LogP contribution in [-0.2, 0) is 16.0 Å². The fraction of sp³-hybridized carbons (Fsp3) is 0.583. The minimum Gasteiger partial charge on any atom is -0.385 e. The topological polar surface area (TPSA) is 60.7 Å². The molecule has 0 radical (unpaired) electrons. The number of carbonyl (C=O) groups excluding carboxylic acids is 1.